The van der Waals surface area contributed by atoms with E-state index in [9.17, 15) is 0 Å². The third kappa shape index (κ3) is 5.94. The van der Waals surface area contributed by atoms with E-state index in [0.717, 1.165) is 37.7 Å². The van der Waals surface area contributed by atoms with Crippen molar-refractivity contribution in [3.8, 4) is 11.5 Å². The third-order valence-corrected chi connectivity index (χ3v) is 2.81. The molecule has 0 heterocycles. The highest BCUT2D eigenvalue weighted by Crippen LogP contribution is 2.27. The highest BCUT2D eigenvalue weighted by atomic mass is 16.5. The molecule has 1 aromatic rings. The molecule has 1 rings (SSSR count). The Balaban J connectivity index is 2.29. The van der Waals surface area contributed by atoms with E-state index in [4.69, 9.17) is 9.47 Å². The van der Waals surface area contributed by atoms with Gasteiger partial charge in [-0.15, -0.1) is 0 Å². The lowest BCUT2D eigenvalue weighted by Gasteiger charge is -2.11. The van der Waals surface area contributed by atoms with E-state index >= 15 is 0 Å². The van der Waals surface area contributed by atoms with Crippen LogP contribution in [0.15, 0.2) is 18.2 Å². The summed E-state index contributed by atoms with van der Waals surface area (Å²) >= 11 is 0. The predicted octanol–water partition coefficient (Wildman–Crippen LogP) is 2.04. The molecule has 1 aromatic carbocycles. The number of hydrogen-bond acceptors (Lipinski definition) is 4. The van der Waals surface area contributed by atoms with Crippen LogP contribution in [-0.2, 0) is 6.54 Å². The number of methoxy groups -OCH3 is 2. The van der Waals surface area contributed by atoms with E-state index in [1.807, 2.05) is 12.1 Å². The maximum atomic E-state index is 5.28. The molecule has 2 N–H and O–H groups in total. The number of rotatable bonds is 9. The van der Waals surface area contributed by atoms with Gasteiger partial charge in [0.25, 0.3) is 0 Å². The van der Waals surface area contributed by atoms with Crippen LogP contribution < -0.4 is 20.1 Å². The van der Waals surface area contributed by atoms with Crippen LogP contribution in [0.5, 0.6) is 11.5 Å². The second kappa shape index (κ2) is 8.77. The average Bonchev–Trinajstić information content (AvgIpc) is 2.42. The molecule has 0 fully saturated rings. The second-order valence-corrected chi connectivity index (χ2v) is 4.96. The lowest BCUT2D eigenvalue weighted by molar-refractivity contribution is 0.354. The first kappa shape index (κ1) is 15.8. The molecule has 0 saturated heterocycles. The maximum absolute atomic E-state index is 5.28. The van der Waals surface area contributed by atoms with Crippen molar-refractivity contribution in [3.05, 3.63) is 23.8 Å². The number of nitrogens with one attached hydrogen (secondary N) is 2. The van der Waals surface area contributed by atoms with Crippen molar-refractivity contribution < 1.29 is 9.47 Å². The summed E-state index contributed by atoms with van der Waals surface area (Å²) in [6, 6.07) is 6.00. The van der Waals surface area contributed by atoms with Crippen molar-refractivity contribution in [2.24, 2.45) is 5.92 Å². The van der Waals surface area contributed by atoms with E-state index in [2.05, 4.69) is 30.5 Å². The van der Waals surface area contributed by atoms with Gasteiger partial charge >= 0.3 is 0 Å². The first-order valence-corrected chi connectivity index (χ1v) is 6.79. The van der Waals surface area contributed by atoms with Crippen molar-refractivity contribution >= 4 is 0 Å². The Morgan fingerprint density at radius 2 is 1.68 bits per heavy atom. The Kier molecular flexibility index (Phi) is 7.30. The summed E-state index contributed by atoms with van der Waals surface area (Å²) in [4.78, 5) is 0. The molecule has 0 spiro atoms. The molecule has 19 heavy (non-hydrogen) atoms. The molecule has 0 aliphatic heterocycles. The Bertz CT molecular complexity index is 367. The van der Waals surface area contributed by atoms with E-state index in [1.54, 1.807) is 14.2 Å². The molecule has 0 amide bonds. The summed E-state index contributed by atoms with van der Waals surface area (Å²) in [6.07, 6.45) is 0. The van der Waals surface area contributed by atoms with Crippen LogP contribution >= 0.6 is 0 Å². The molecule has 0 atom stereocenters. The maximum Gasteiger partial charge on any atom is 0.161 e. The van der Waals surface area contributed by atoms with Gasteiger partial charge in [-0.2, -0.15) is 0 Å². The SMILES string of the molecule is COc1ccc(CNCCNCC(C)C)cc1OC. The van der Waals surface area contributed by atoms with Gasteiger partial charge < -0.3 is 20.1 Å². The minimum Gasteiger partial charge on any atom is -0.493 e. The van der Waals surface area contributed by atoms with Gasteiger partial charge in [0, 0.05) is 19.6 Å². The van der Waals surface area contributed by atoms with Gasteiger partial charge in [0.2, 0.25) is 0 Å². The Labute approximate surface area is 116 Å². The first-order chi connectivity index (χ1) is 9.17. The lowest BCUT2D eigenvalue weighted by atomic mass is 10.2. The van der Waals surface area contributed by atoms with Crippen LogP contribution in [0.25, 0.3) is 0 Å². The van der Waals surface area contributed by atoms with Crippen molar-refractivity contribution in [1.82, 2.24) is 10.6 Å². The van der Waals surface area contributed by atoms with Crippen LogP contribution in [0.1, 0.15) is 19.4 Å². The quantitative estimate of drug-likeness (QED) is 0.671. The third-order valence-electron chi connectivity index (χ3n) is 2.81. The molecule has 0 saturated carbocycles. The fraction of sp³-hybridized carbons (Fsp3) is 0.600. The standard InChI is InChI=1S/C15H26N2O2/c1-12(2)10-16-7-8-17-11-13-5-6-14(18-3)15(9-13)19-4/h5-6,9,12,16-17H,7-8,10-11H2,1-4H3. The van der Waals surface area contributed by atoms with Gasteiger partial charge in [0.1, 0.15) is 0 Å². The van der Waals surface area contributed by atoms with Gasteiger partial charge in [-0.3, -0.25) is 0 Å². The molecule has 0 aliphatic rings. The number of benzene rings is 1. The molecule has 0 aliphatic carbocycles. The molecular formula is C15H26N2O2. The zero-order chi connectivity index (χ0) is 14.1. The second-order valence-electron chi connectivity index (χ2n) is 4.96. The molecule has 108 valence electrons. The summed E-state index contributed by atoms with van der Waals surface area (Å²) in [5.41, 5.74) is 1.20. The molecule has 0 radical (unpaired) electrons. The van der Waals surface area contributed by atoms with Crippen LogP contribution in [-0.4, -0.2) is 33.9 Å². The number of hydrogen-bond donors (Lipinski definition) is 2. The highest BCUT2D eigenvalue weighted by Gasteiger charge is 2.03. The Morgan fingerprint density at radius 3 is 2.32 bits per heavy atom. The predicted molar refractivity (Wildman–Crippen MR) is 79.0 cm³/mol. The van der Waals surface area contributed by atoms with Crippen LogP contribution in [0, 0.1) is 5.92 Å². The first-order valence-electron chi connectivity index (χ1n) is 6.79. The largest absolute Gasteiger partial charge is 0.493 e. The van der Waals surface area contributed by atoms with Gasteiger partial charge in [-0.25, -0.2) is 0 Å². The molecule has 0 aromatic heterocycles. The summed E-state index contributed by atoms with van der Waals surface area (Å²) in [7, 11) is 3.31. The van der Waals surface area contributed by atoms with Gasteiger partial charge in [-0.05, 0) is 30.2 Å². The summed E-state index contributed by atoms with van der Waals surface area (Å²) in [5.74, 6) is 2.25. The Hall–Kier alpha value is -1.26. The summed E-state index contributed by atoms with van der Waals surface area (Å²) in [5, 5.41) is 6.81. The fourth-order valence-electron chi connectivity index (χ4n) is 1.79. The van der Waals surface area contributed by atoms with Gasteiger partial charge in [0.05, 0.1) is 14.2 Å². The Morgan fingerprint density at radius 1 is 1.00 bits per heavy atom. The number of ether oxygens (including phenoxy) is 2. The molecular weight excluding hydrogens is 240 g/mol. The van der Waals surface area contributed by atoms with E-state index in [-0.39, 0.29) is 0 Å². The molecule has 4 nitrogen and oxygen atoms in total. The average molecular weight is 266 g/mol. The van der Waals surface area contributed by atoms with Crippen molar-refractivity contribution in [1.29, 1.82) is 0 Å². The fourth-order valence-corrected chi connectivity index (χ4v) is 1.79. The highest BCUT2D eigenvalue weighted by molar-refractivity contribution is 5.42. The van der Waals surface area contributed by atoms with E-state index in [0.29, 0.717) is 5.92 Å². The minimum absolute atomic E-state index is 0.700. The van der Waals surface area contributed by atoms with E-state index in [1.165, 1.54) is 5.56 Å². The zero-order valence-electron chi connectivity index (χ0n) is 12.5. The van der Waals surface area contributed by atoms with E-state index < -0.39 is 0 Å². The normalized spacial score (nSPS) is 10.8. The lowest BCUT2D eigenvalue weighted by Crippen LogP contribution is -2.29. The molecule has 4 heteroatoms. The van der Waals surface area contributed by atoms with Crippen LogP contribution in [0.2, 0.25) is 0 Å². The smallest absolute Gasteiger partial charge is 0.161 e. The minimum atomic E-state index is 0.700. The van der Waals surface area contributed by atoms with Crippen LogP contribution in [0.4, 0.5) is 0 Å². The summed E-state index contributed by atoms with van der Waals surface area (Å²) < 4.78 is 10.5. The van der Waals surface area contributed by atoms with Gasteiger partial charge in [0.15, 0.2) is 11.5 Å². The molecule has 0 unspecified atom stereocenters. The zero-order valence-corrected chi connectivity index (χ0v) is 12.5. The molecule has 0 bridgehead atoms. The van der Waals surface area contributed by atoms with Crippen molar-refractivity contribution in [2.45, 2.75) is 20.4 Å². The van der Waals surface area contributed by atoms with Crippen LogP contribution in [0.3, 0.4) is 0 Å². The monoisotopic (exact) mass is 266 g/mol. The summed E-state index contributed by atoms with van der Waals surface area (Å²) in [6.45, 7) is 8.28. The topological polar surface area (TPSA) is 42.5 Å². The van der Waals surface area contributed by atoms with Crippen molar-refractivity contribution in [3.63, 3.8) is 0 Å². The van der Waals surface area contributed by atoms with Crippen molar-refractivity contribution in [2.75, 3.05) is 33.9 Å². The van der Waals surface area contributed by atoms with Gasteiger partial charge in [-0.1, -0.05) is 19.9 Å².